The fraction of sp³-hybridized carbons (Fsp3) is 0.588. The summed E-state index contributed by atoms with van der Waals surface area (Å²) < 4.78 is 13.1. The molecule has 0 radical (unpaired) electrons. The lowest BCUT2D eigenvalue weighted by Gasteiger charge is -2.29. The van der Waals surface area contributed by atoms with E-state index in [4.69, 9.17) is 5.11 Å². The molecule has 1 aromatic carbocycles. The Morgan fingerprint density at radius 2 is 2.05 bits per heavy atom. The summed E-state index contributed by atoms with van der Waals surface area (Å²) in [7, 11) is 0. The van der Waals surface area contributed by atoms with E-state index in [-0.39, 0.29) is 23.7 Å². The van der Waals surface area contributed by atoms with Crippen LogP contribution in [-0.4, -0.2) is 42.2 Å². The summed E-state index contributed by atoms with van der Waals surface area (Å²) in [6.45, 7) is 8.83. The first-order valence-electron chi connectivity index (χ1n) is 7.69. The third kappa shape index (κ3) is 8.10. The van der Waals surface area contributed by atoms with Crippen LogP contribution in [0.2, 0.25) is 0 Å². The lowest BCUT2D eigenvalue weighted by Crippen LogP contribution is -2.36. The predicted octanol–water partition coefficient (Wildman–Crippen LogP) is 2.88. The number of nitrogens with one attached hydrogen (secondary N) is 1. The van der Waals surface area contributed by atoms with Crippen LogP contribution in [-0.2, 0) is 4.79 Å². The van der Waals surface area contributed by atoms with E-state index in [0.717, 1.165) is 13.1 Å². The molecule has 0 bridgehead atoms. The minimum atomic E-state index is -0.366. The molecule has 4 nitrogen and oxygen atoms in total. The maximum atomic E-state index is 13.1. The third-order valence-electron chi connectivity index (χ3n) is 3.09. The topological polar surface area (TPSA) is 52.6 Å². The molecule has 5 heteroatoms. The van der Waals surface area contributed by atoms with Gasteiger partial charge in [-0.25, -0.2) is 4.39 Å². The Bertz CT molecular complexity index is 472. The van der Waals surface area contributed by atoms with Crippen molar-refractivity contribution in [3.63, 3.8) is 0 Å². The van der Waals surface area contributed by atoms with Gasteiger partial charge in [-0.3, -0.25) is 4.79 Å². The molecule has 0 fully saturated rings. The van der Waals surface area contributed by atoms with Crippen molar-refractivity contribution in [1.29, 1.82) is 0 Å². The van der Waals surface area contributed by atoms with Gasteiger partial charge in [-0.05, 0) is 30.0 Å². The molecule has 0 atom stereocenters. The van der Waals surface area contributed by atoms with Crippen LogP contribution in [0.1, 0.15) is 33.6 Å². The van der Waals surface area contributed by atoms with Crippen molar-refractivity contribution in [3.8, 4) is 0 Å². The molecule has 1 amide bonds. The fourth-order valence-corrected chi connectivity index (χ4v) is 2.28. The van der Waals surface area contributed by atoms with Crippen molar-refractivity contribution < 1.29 is 14.3 Å². The van der Waals surface area contributed by atoms with Crippen molar-refractivity contribution in [2.24, 2.45) is 5.41 Å². The lowest BCUT2D eigenvalue weighted by atomic mass is 9.96. The zero-order chi connectivity index (χ0) is 16.6. The Balaban J connectivity index is 2.47. The number of carbonyl (C=O) groups excluding carboxylic acids is 1. The standard InChI is InChI=1S/C17H27FN2O2/c1-17(2,3)13-20(9-5-11-21)10-8-16(22)19-15-7-4-6-14(18)12-15/h4,6-7,12,21H,5,8-11,13H2,1-3H3,(H,19,22). The van der Waals surface area contributed by atoms with Crippen molar-refractivity contribution in [2.75, 3.05) is 31.6 Å². The molecule has 2 N–H and O–H groups in total. The first-order valence-corrected chi connectivity index (χ1v) is 7.69. The Morgan fingerprint density at radius 3 is 2.64 bits per heavy atom. The van der Waals surface area contributed by atoms with Crippen LogP contribution in [0.3, 0.4) is 0 Å². The number of nitrogens with zero attached hydrogens (tertiary/aromatic N) is 1. The van der Waals surface area contributed by atoms with E-state index in [2.05, 4.69) is 31.0 Å². The SMILES string of the molecule is CC(C)(C)CN(CCCO)CCC(=O)Nc1cccc(F)c1. The average Bonchev–Trinajstić information content (AvgIpc) is 2.40. The van der Waals surface area contributed by atoms with Crippen LogP contribution >= 0.6 is 0 Å². The van der Waals surface area contributed by atoms with E-state index >= 15 is 0 Å². The molecule has 22 heavy (non-hydrogen) atoms. The normalized spacial score (nSPS) is 11.7. The number of aliphatic hydroxyl groups excluding tert-OH is 1. The van der Waals surface area contributed by atoms with Crippen LogP contribution in [0, 0.1) is 11.2 Å². The molecular weight excluding hydrogens is 283 g/mol. The lowest BCUT2D eigenvalue weighted by molar-refractivity contribution is -0.116. The minimum absolute atomic E-state index is 0.131. The van der Waals surface area contributed by atoms with Gasteiger partial charge in [0.05, 0.1) is 0 Å². The highest BCUT2D eigenvalue weighted by Crippen LogP contribution is 2.16. The van der Waals surface area contributed by atoms with Gasteiger partial charge in [-0.1, -0.05) is 26.8 Å². The van der Waals surface area contributed by atoms with Gasteiger partial charge in [0.1, 0.15) is 5.82 Å². The van der Waals surface area contributed by atoms with Crippen LogP contribution < -0.4 is 5.32 Å². The maximum absolute atomic E-state index is 13.1. The van der Waals surface area contributed by atoms with Gasteiger partial charge in [0, 0.05) is 38.3 Å². The number of carbonyl (C=O) groups is 1. The molecule has 0 aromatic heterocycles. The van der Waals surface area contributed by atoms with Crippen LogP contribution in [0.5, 0.6) is 0 Å². The predicted molar refractivity (Wildman–Crippen MR) is 87.2 cm³/mol. The largest absolute Gasteiger partial charge is 0.396 e. The third-order valence-corrected chi connectivity index (χ3v) is 3.09. The molecule has 0 aliphatic rings. The number of halogens is 1. The maximum Gasteiger partial charge on any atom is 0.225 e. The van der Waals surface area contributed by atoms with Gasteiger partial charge in [0.25, 0.3) is 0 Å². The first-order chi connectivity index (χ1) is 10.3. The van der Waals surface area contributed by atoms with E-state index in [1.165, 1.54) is 12.1 Å². The second-order valence-electron chi connectivity index (χ2n) is 6.72. The summed E-state index contributed by atoms with van der Waals surface area (Å²) in [4.78, 5) is 14.1. The molecule has 124 valence electrons. The van der Waals surface area contributed by atoms with E-state index in [1.54, 1.807) is 12.1 Å². The van der Waals surface area contributed by atoms with E-state index in [9.17, 15) is 9.18 Å². The molecule has 0 aliphatic carbocycles. The summed E-state index contributed by atoms with van der Waals surface area (Å²) in [5.41, 5.74) is 0.608. The van der Waals surface area contributed by atoms with Gasteiger partial charge in [0.2, 0.25) is 5.91 Å². The van der Waals surface area contributed by atoms with Crippen molar-refractivity contribution in [1.82, 2.24) is 4.90 Å². The second kappa shape index (κ2) is 8.86. The fourth-order valence-electron chi connectivity index (χ4n) is 2.28. The van der Waals surface area contributed by atoms with E-state index in [1.807, 2.05) is 0 Å². The molecule has 1 aromatic rings. The Hall–Kier alpha value is -1.46. The smallest absolute Gasteiger partial charge is 0.225 e. The Labute approximate surface area is 132 Å². The van der Waals surface area contributed by atoms with Gasteiger partial charge in [0.15, 0.2) is 0 Å². The number of rotatable bonds is 8. The summed E-state index contributed by atoms with van der Waals surface area (Å²) in [5.74, 6) is -0.497. The minimum Gasteiger partial charge on any atom is -0.396 e. The quantitative estimate of drug-likeness (QED) is 0.776. The summed E-state index contributed by atoms with van der Waals surface area (Å²) in [6.07, 6.45) is 1.04. The molecule has 0 spiro atoms. The molecule has 0 aliphatic heterocycles. The molecular formula is C17H27FN2O2. The van der Waals surface area contributed by atoms with Crippen LogP contribution in [0.15, 0.2) is 24.3 Å². The van der Waals surface area contributed by atoms with Gasteiger partial charge in [-0.15, -0.1) is 0 Å². The zero-order valence-electron chi connectivity index (χ0n) is 13.7. The average molecular weight is 310 g/mol. The van der Waals surface area contributed by atoms with Gasteiger partial charge < -0.3 is 15.3 Å². The summed E-state index contributed by atoms with van der Waals surface area (Å²) >= 11 is 0. The first kappa shape index (κ1) is 18.6. The number of amides is 1. The Morgan fingerprint density at radius 1 is 1.32 bits per heavy atom. The summed E-state index contributed by atoms with van der Waals surface area (Å²) in [6, 6.07) is 5.88. The zero-order valence-corrected chi connectivity index (χ0v) is 13.7. The van der Waals surface area contributed by atoms with Gasteiger partial charge >= 0.3 is 0 Å². The van der Waals surface area contributed by atoms with Crippen LogP contribution in [0.25, 0.3) is 0 Å². The van der Waals surface area contributed by atoms with Crippen molar-refractivity contribution in [3.05, 3.63) is 30.1 Å². The monoisotopic (exact) mass is 310 g/mol. The van der Waals surface area contributed by atoms with E-state index in [0.29, 0.717) is 25.1 Å². The number of anilines is 1. The number of hydrogen-bond donors (Lipinski definition) is 2. The molecule has 0 heterocycles. The summed E-state index contributed by atoms with van der Waals surface area (Å²) in [5, 5.41) is 11.7. The number of hydrogen-bond acceptors (Lipinski definition) is 3. The molecule has 0 saturated carbocycles. The van der Waals surface area contributed by atoms with Crippen LogP contribution in [0.4, 0.5) is 10.1 Å². The Kier molecular flexibility index (Phi) is 7.48. The highest BCUT2D eigenvalue weighted by molar-refractivity contribution is 5.90. The number of aliphatic hydroxyl groups is 1. The van der Waals surface area contributed by atoms with Gasteiger partial charge in [-0.2, -0.15) is 0 Å². The highest BCUT2D eigenvalue weighted by Gasteiger charge is 2.17. The van der Waals surface area contributed by atoms with Crippen molar-refractivity contribution in [2.45, 2.75) is 33.6 Å². The highest BCUT2D eigenvalue weighted by atomic mass is 19.1. The molecule has 0 unspecified atom stereocenters. The van der Waals surface area contributed by atoms with Crippen molar-refractivity contribution >= 4 is 11.6 Å². The molecule has 1 rings (SSSR count). The van der Waals surface area contributed by atoms with E-state index < -0.39 is 0 Å². The molecule has 0 saturated heterocycles. The number of benzene rings is 1. The second-order valence-corrected chi connectivity index (χ2v) is 6.72.